The molecule has 0 aliphatic rings. The van der Waals surface area contributed by atoms with Crippen LogP contribution in [-0.2, 0) is 4.79 Å². The lowest BCUT2D eigenvalue weighted by Crippen LogP contribution is -2.07. The van der Waals surface area contributed by atoms with E-state index >= 15 is 0 Å². The molecule has 386 valence electrons. The van der Waals surface area contributed by atoms with Crippen LogP contribution >= 0.6 is 0 Å². The fraction of sp³-hybridized carbons (Fsp3) is 0.185. The minimum Gasteiger partial charge on any atom is -0.507 e. The number of esters is 1. The molecule has 0 aliphatic heterocycles. The van der Waals surface area contributed by atoms with Gasteiger partial charge < -0.3 is 38.7 Å². The van der Waals surface area contributed by atoms with Crippen LogP contribution in [0.5, 0.6) is 34.5 Å². The van der Waals surface area contributed by atoms with Gasteiger partial charge in [0, 0.05) is 13.0 Å². The number of halogens is 5. The van der Waals surface area contributed by atoms with Gasteiger partial charge in [0.2, 0.25) is 0 Å². The molecule has 0 amide bonds. The molecule has 0 saturated carbocycles. The van der Waals surface area contributed by atoms with Crippen LogP contribution in [0.15, 0.2) is 124 Å². The summed E-state index contributed by atoms with van der Waals surface area (Å²) in [4.78, 5) is 65.0. The quantitative estimate of drug-likeness (QED) is 0.0404. The number of hydrogen-bond acceptors (Lipinski definition) is 14. The Balaban J connectivity index is 0.000000301. The van der Waals surface area contributed by atoms with Gasteiger partial charge in [0.25, 0.3) is 0 Å². The summed E-state index contributed by atoms with van der Waals surface area (Å²) in [5.74, 6) is -3.67. The molecule has 0 bridgehead atoms. The van der Waals surface area contributed by atoms with Crippen molar-refractivity contribution in [1.29, 1.82) is 0 Å². The predicted octanol–water partition coefficient (Wildman–Crippen LogP) is 11.1. The van der Waals surface area contributed by atoms with Gasteiger partial charge in [-0.05, 0) is 107 Å². The summed E-state index contributed by atoms with van der Waals surface area (Å²) < 4.78 is 89.0. The molecule has 14 nitrogen and oxygen atoms in total. The van der Waals surface area contributed by atoms with Gasteiger partial charge in [0.15, 0.2) is 29.1 Å². The van der Waals surface area contributed by atoms with E-state index in [0.29, 0.717) is 23.4 Å². The van der Waals surface area contributed by atoms with E-state index in [2.05, 4.69) is 4.74 Å². The van der Waals surface area contributed by atoms with Crippen molar-refractivity contribution in [3.05, 3.63) is 188 Å². The van der Waals surface area contributed by atoms with Gasteiger partial charge in [0.05, 0.1) is 55.3 Å². The molecule has 0 saturated heterocycles. The van der Waals surface area contributed by atoms with Gasteiger partial charge in [-0.25, -0.2) is 22.0 Å². The summed E-state index contributed by atoms with van der Waals surface area (Å²) in [6, 6.07) is 26.8. The Morgan fingerprint density at radius 3 is 1.38 bits per heavy atom. The highest BCUT2D eigenvalue weighted by atomic mass is 19.1. The number of methoxy groups -OCH3 is 3. The molecule has 0 fully saturated rings. The molecule has 6 aromatic carbocycles. The number of aldehydes is 1. The van der Waals surface area contributed by atoms with E-state index in [9.17, 15) is 60.9 Å². The van der Waals surface area contributed by atoms with Crippen LogP contribution in [0.3, 0.4) is 0 Å². The lowest BCUT2D eigenvalue weighted by molar-refractivity contribution is -0.131. The second kappa shape index (κ2) is 29.5. The van der Waals surface area contributed by atoms with Crippen LogP contribution in [0.25, 0.3) is 11.0 Å². The van der Waals surface area contributed by atoms with Crippen molar-refractivity contribution in [3.8, 4) is 34.5 Å². The molecule has 1 atom stereocenters. The third-order valence-electron chi connectivity index (χ3n) is 9.33. The molecule has 1 unspecified atom stereocenters. The molecule has 1 aromatic heterocycles. The van der Waals surface area contributed by atoms with Crippen LogP contribution in [0.2, 0.25) is 0 Å². The maximum absolute atomic E-state index is 13.1. The number of aliphatic hydroxyl groups excluding tert-OH is 1. The number of benzene rings is 6. The Kier molecular flexibility index (Phi) is 24.4. The summed E-state index contributed by atoms with van der Waals surface area (Å²) >= 11 is 0. The summed E-state index contributed by atoms with van der Waals surface area (Å²) in [5.41, 5.74) is -0.0351. The molecule has 0 spiro atoms. The number of carbonyl (C=O) groups is 5. The van der Waals surface area contributed by atoms with Crippen molar-refractivity contribution in [2.45, 2.75) is 47.6 Å². The Morgan fingerprint density at radius 2 is 0.973 bits per heavy atom. The van der Waals surface area contributed by atoms with Gasteiger partial charge in [-0.2, -0.15) is 0 Å². The maximum Gasteiger partial charge on any atom is 0.308 e. The minimum atomic E-state index is -0.846. The van der Waals surface area contributed by atoms with Gasteiger partial charge in [-0.15, -0.1) is 0 Å². The molecule has 7 aromatic rings. The fourth-order valence-electron chi connectivity index (χ4n) is 6.19. The third kappa shape index (κ3) is 17.9. The SMILES string of the molecule is CC(=O)Oc1cccc(F)c1C(C)=O.CC(=O)c1c(O)cccc1F.COc1cccc(F)c1C(C)=O.COc1cccc(F)c1C(C)O.COc1cccc(F)c1C=O.Cc1cc(=O)c2c(O)cccc2o1. The topological polar surface area (TPSA) is 213 Å². The van der Waals surface area contributed by atoms with E-state index in [4.69, 9.17) is 23.7 Å². The summed E-state index contributed by atoms with van der Waals surface area (Å²) in [6.45, 7) is 8.12. The van der Waals surface area contributed by atoms with Crippen molar-refractivity contribution in [2.75, 3.05) is 21.3 Å². The van der Waals surface area contributed by atoms with Crippen molar-refractivity contribution >= 4 is 40.6 Å². The number of fused-ring (bicyclic) bond motifs is 1. The number of ketones is 3. The Labute approximate surface area is 415 Å². The highest BCUT2D eigenvalue weighted by Gasteiger charge is 2.17. The molecule has 1 heterocycles. The first-order valence-corrected chi connectivity index (χ1v) is 21.3. The number of carbonyl (C=O) groups excluding carboxylic acids is 5. The number of rotatable bonds is 9. The van der Waals surface area contributed by atoms with Crippen molar-refractivity contribution in [1.82, 2.24) is 0 Å². The zero-order valence-corrected chi connectivity index (χ0v) is 40.8. The van der Waals surface area contributed by atoms with E-state index in [1.54, 1.807) is 37.3 Å². The van der Waals surface area contributed by atoms with Crippen molar-refractivity contribution in [3.63, 3.8) is 0 Å². The second-order valence-corrected chi connectivity index (χ2v) is 14.7. The normalized spacial score (nSPS) is 10.2. The average Bonchev–Trinajstić information content (AvgIpc) is 3.31. The van der Waals surface area contributed by atoms with Crippen LogP contribution in [0.4, 0.5) is 22.0 Å². The fourth-order valence-corrected chi connectivity index (χ4v) is 6.19. The number of phenolic OH excluding ortho intramolecular Hbond substituents is 2. The molecule has 19 heteroatoms. The van der Waals surface area contributed by atoms with Gasteiger partial charge in [-0.1, -0.05) is 36.4 Å². The highest BCUT2D eigenvalue weighted by Crippen LogP contribution is 2.28. The number of hydrogen-bond donors (Lipinski definition) is 3. The van der Waals surface area contributed by atoms with Crippen molar-refractivity contribution in [2.24, 2.45) is 0 Å². The third-order valence-corrected chi connectivity index (χ3v) is 9.33. The zero-order valence-electron chi connectivity index (χ0n) is 40.8. The zero-order chi connectivity index (χ0) is 55.1. The van der Waals surface area contributed by atoms with Crippen LogP contribution in [0.1, 0.15) is 93.5 Å². The van der Waals surface area contributed by atoms with E-state index < -0.39 is 52.7 Å². The summed E-state index contributed by atoms with van der Waals surface area (Å²) in [6.07, 6.45) is -0.408. The number of aryl methyl sites for hydroxylation is 1. The Morgan fingerprint density at radius 1 is 0.562 bits per heavy atom. The first-order chi connectivity index (χ1) is 34.4. The molecule has 3 N–H and O–H groups in total. The van der Waals surface area contributed by atoms with Gasteiger partial charge >= 0.3 is 5.97 Å². The molecule has 7 rings (SSSR count). The molecular formula is C54H51F5O14. The average molecular weight is 1020 g/mol. The summed E-state index contributed by atoms with van der Waals surface area (Å²) in [5, 5.41) is 27.8. The van der Waals surface area contributed by atoms with E-state index in [-0.39, 0.29) is 73.2 Å². The van der Waals surface area contributed by atoms with Gasteiger partial charge in [-0.3, -0.25) is 28.8 Å². The van der Waals surface area contributed by atoms with Crippen LogP contribution < -0.4 is 24.4 Å². The maximum atomic E-state index is 13.1. The van der Waals surface area contributed by atoms with Gasteiger partial charge in [0.1, 0.15) is 80.3 Å². The number of Topliss-reactive ketones (excluding diaryl/α,β-unsaturated/α-hetero) is 3. The minimum absolute atomic E-state index is 0.0139. The predicted molar refractivity (Wildman–Crippen MR) is 260 cm³/mol. The standard InChI is InChI=1S/C10H9FO3.C10H8O3.C9H11FO2.C9H9FO2.2C8H7FO2/c1-6(12)10-8(11)4-3-5-9(10)14-7(2)13;1-6-5-8(12)10-7(11)3-2-4-9(10)13-6;2*1-6(11)9-7(10)4-3-5-8(9)12-2;1-11-8-4-2-3-7(9)6(8)5-10;1-5(10)8-6(9)3-2-4-7(8)11/h3-5H,1-2H3;2-5,11H,1H3;3-6,11H,1-2H3;3-5H,1-2H3;2-5H,1H3;2-4,11H,1H3. The van der Waals surface area contributed by atoms with Crippen molar-refractivity contribution < 1.29 is 84.6 Å². The number of ether oxygens (including phenoxy) is 4. The smallest absolute Gasteiger partial charge is 0.308 e. The molecule has 0 aliphatic carbocycles. The van der Waals surface area contributed by atoms with E-state index in [0.717, 1.165) is 12.1 Å². The lowest BCUT2D eigenvalue weighted by atomic mass is 10.1. The number of aromatic hydroxyl groups is 2. The highest BCUT2D eigenvalue weighted by molar-refractivity contribution is 5.98. The van der Waals surface area contributed by atoms with E-state index in [1.165, 1.54) is 129 Å². The van der Waals surface area contributed by atoms with Crippen LogP contribution in [0, 0.1) is 36.0 Å². The number of aliphatic hydroxyl groups is 1. The Bertz CT molecular complexity index is 3080. The monoisotopic (exact) mass is 1020 g/mol. The van der Waals surface area contributed by atoms with Crippen LogP contribution in [-0.4, -0.2) is 66.3 Å². The molecule has 0 radical (unpaired) electrons. The first-order valence-electron chi connectivity index (χ1n) is 21.3. The van der Waals surface area contributed by atoms with E-state index in [1.807, 2.05) is 0 Å². The summed E-state index contributed by atoms with van der Waals surface area (Å²) in [7, 11) is 4.24. The number of phenols is 2. The lowest BCUT2D eigenvalue weighted by Gasteiger charge is -2.10. The largest absolute Gasteiger partial charge is 0.507 e. The molecular weight excluding hydrogens is 968 g/mol. The Hall–Kier alpha value is -8.71. The first kappa shape index (κ1) is 60.4. The second-order valence-electron chi connectivity index (χ2n) is 14.7. The molecule has 73 heavy (non-hydrogen) atoms.